The Kier molecular flexibility index (Phi) is 3.71. The Bertz CT molecular complexity index is 432. The maximum Gasteiger partial charge on any atom is 0.147 e. The lowest BCUT2D eigenvalue weighted by Gasteiger charge is -2.29. The maximum absolute atomic E-state index is 13.8. The summed E-state index contributed by atoms with van der Waals surface area (Å²) in [4.78, 5) is 0. The van der Waals surface area contributed by atoms with E-state index in [0.717, 1.165) is 12.8 Å². The van der Waals surface area contributed by atoms with E-state index in [4.69, 9.17) is 0 Å². The highest BCUT2D eigenvalue weighted by molar-refractivity contribution is 9.10. The number of rotatable bonds is 2. The van der Waals surface area contributed by atoms with Crippen molar-refractivity contribution in [2.75, 3.05) is 5.32 Å². The molecule has 0 spiro atoms. The van der Waals surface area contributed by atoms with Gasteiger partial charge >= 0.3 is 0 Å². The van der Waals surface area contributed by atoms with Crippen LogP contribution in [-0.2, 0) is 6.42 Å². The molecule has 0 aromatic heterocycles. The van der Waals surface area contributed by atoms with E-state index < -0.39 is 0 Å². The Hall–Kier alpha value is -0.640. The van der Waals surface area contributed by atoms with Crippen LogP contribution < -0.4 is 5.32 Å². The zero-order chi connectivity index (χ0) is 12.6. The zero-order valence-electron chi connectivity index (χ0n) is 9.99. The molecule has 0 saturated carbocycles. The Labute approximate surface area is 109 Å². The predicted molar refractivity (Wildman–Crippen MR) is 69.2 cm³/mol. The predicted octanol–water partition coefficient (Wildman–Crippen LogP) is 4.50. The van der Waals surface area contributed by atoms with Crippen LogP contribution in [0.5, 0.6) is 0 Å². The molecule has 0 saturated heterocycles. The van der Waals surface area contributed by atoms with Gasteiger partial charge in [-0.2, -0.15) is 0 Å². The second-order valence-electron chi connectivity index (χ2n) is 5.02. The van der Waals surface area contributed by atoms with E-state index in [9.17, 15) is 8.78 Å². The Morgan fingerprint density at radius 2 is 2.18 bits per heavy atom. The van der Waals surface area contributed by atoms with Crippen molar-refractivity contribution in [1.29, 1.82) is 0 Å². The van der Waals surface area contributed by atoms with Gasteiger partial charge in [0.1, 0.15) is 11.6 Å². The summed E-state index contributed by atoms with van der Waals surface area (Å²) in [6, 6.07) is 1.44. The molecule has 0 fully saturated rings. The van der Waals surface area contributed by atoms with Crippen LogP contribution in [0, 0.1) is 17.6 Å². The first-order valence-corrected chi connectivity index (χ1v) is 6.71. The summed E-state index contributed by atoms with van der Waals surface area (Å²) in [6.07, 6.45) is 2.44. The number of anilines is 1. The molecule has 2 rings (SSSR count). The van der Waals surface area contributed by atoms with E-state index >= 15 is 0 Å². The van der Waals surface area contributed by atoms with Crippen molar-refractivity contribution in [1.82, 2.24) is 0 Å². The molecule has 1 atom stereocenters. The van der Waals surface area contributed by atoms with Crippen LogP contribution in [-0.4, -0.2) is 6.04 Å². The molecule has 1 aliphatic heterocycles. The van der Waals surface area contributed by atoms with Gasteiger partial charge in [-0.25, -0.2) is 8.78 Å². The molecule has 0 bridgehead atoms. The molecular weight excluding hydrogens is 288 g/mol. The fraction of sp³-hybridized carbons (Fsp3) is 0.538. The molecule has 1 heterocycles. The lowest BCUT2D eigenvalue weighted by molar-refractivity contribution is 0.473. The van der Waals surface area contributed by atoms with Gasteiger partial charge in [0.05, 0.1) is 10.2 Å². The van der Waals surface area contributed by atoms with Crippen molar-refractivity contribution < 1.29 is 8.78 Å². The Balaban J connectivity index is 2.29. The van der Waals surface area contributed by atoms with E-state index in [2.05, 4.69) is 35.1 Å². The molecular formula is C13H16BrF2N. The lowest BCUT2D eigenvalue weighted by atomic mass is 9.92. The number of fused-ring (bicyclic) bond motifs is 1. The van der Waals surface area contributed by atoms with Gasteiger partial charge in [-0.3, -0.25) is 0 Å². The normalized spacial score (nSPS) is 19.1. The summed E-state index contributed by atoms with van der Waals surface area (Å²) < 4.78 is 27.8. The molecule has 1 N–H and O–H groups in total. The third-order valence-electron chi connectivity index (χ3n) is 3.12. The van der Waals surface area contributed by atoms with E-state index in [0.29, 0.717) is 23.6 Å². The van der Waals surface area contributed by atoms with E-state index in [1.165, 1.54) is 6.07 Å². The van der Waals surface area contributed by atoms with Gasteiger partial charge in [0.2, 0.25) is 0 Å². The van der Waals surface area contributed by atoms with Crippen LogP contribution in [0.4, 0.5) is 14.5 Å². The average molecular weight is 304 g/mol. The monoisotopic (exact) mass is 303 g/mol. The van der Waals surface area contributed by atoms with E-state index in [1.54, 1.807) is 0 Å². The molecule has 1 aromatic carbocycles. The number of halogens is 3. The zero-order valence-corrected chi connectivity index (χ0v) is 11.6. The van der Waals surface area contributed by atoms with Gasteiger partial charge in [-0.1, -0.05) is 13.8 Å². The minimum absolute atomic E-state index is 0.206. The summed E-state index contributed by atoms with van der Waals surface area (Å²) >= 11 is 3.04. The van der Waals surface area contributed by atoms with Gasteiger partial charge in [-0.05, 0) is 47.2 Å². The molecule has 0 amide bonds. The molecule has 1 aliphatic rings. The van der Waals surface area contributed by atoms with Gasteiger partial charge in [0, 0.05) is 11.6 Å². The van der Waals surface area contributed by atoms with Crippen molar-refractivity contribution >= 4 is 21.6 Å². The van der Waals surface area contributed by atoms with Gasteiger partial charge < -0.3 is 5.32 Å². The minimum atomic E-state index is -0.373. The summed E-state index contributed by atoms with van der Waals surface area (Å²) in [5.74, 6) is -0.156. The van der Waals surface area contributed by atoms with Crippen LogP contribution in [0.25, 0.3) is 0 Å². The minimum Gasteiger partial charge on any atom is -0.380 e. The number of hydrogen-bond acceptors (Lipinski definition) is 1. The van der Waals surface area contributed by atoms with E-state index in [-0.39, 0.29) is 22.1 Å². The SMILES string of the molecule is CC(C)CC1CCc2c(F)c(Br)cc(F)c2N1. The lowest BCUT2D eigenvalue weighted by Crippen LogP contribution is -2.28. The standard InChI is InChI=1S/C13H16BrF2N/c1-7(2)5-8-3-4-9-12(16)10(14)6-11(15)13(9)17-8/h6-8,17H,3-5H2,1-2H3. The molecule has 94 valence electrons. The smallest absolute Gasteiger partial charge is 0.147 e. The van der Waals surface area contributed by atoms with Gasteiger partial charge in [0.25, 0.3) is 0 Å². The van der Waals surface area contributed by atoms with Crippen molar-refractivity contribution in [3.63, 3.8) is 0 Å². The van der Waals surface area contributed by atoms with Crippen molar-refractivity contribution in [3.05, 3.63) is 27.7 Å². The van der Waals surface area contributed by atoms with Crippen LogP contribution in [0.3, 0.4) is 0 Å². The van der Waals surface area contributed by atoms with Crippen LogP contribution >= 0.6 is 15.9 Å². The molecule has 0 aliphatic carbocycles. The first-order chi connectivity index (χ1) is 7.99. The highest BCUT2D eigenvalue weighted by Gasteiger charge is 2.25. The second-order valence-corrected chi connectivity index (χ2v) is 5.87. The molecule has 1 aromatic rings. The molecule has 0 radical (unpaired) electrons. The molecule has 1 unspecified atom stereocenters. The largest absolute Gasteiger partial charge is 0.380 e. The maximum atomic E-state index is 13.8. The van der Waals surface area contributed by atoms with E-state index in [1.807, 2.05) is 0 Å². The topological polar surface area (TPSA) is 12.0 Å². The third-order valence-corrected chi connectivity index (χ3v) is 3.69. The second kappa shape index (κ2) is 4.92. The number of benzene rings is 1. The highest BCUT2D eigenvalue weighted by Crippen LogP contribution is 2.35. The average Bonchev–Trinajstić information content (AvgIpc) is 2.25. The van der Waals surface area contributed by atoms with Crippen molar-refractivity contribution in [2.24, 2.45) is 5.92 Å². The van der Waals surface area contributed by atoms with Gasteiger partial charge in [-0.15, -0.1) is 0 Å². The summed E-state index contributed by atoms with van der Waals surface area (Å²) in [6.45, 7) is 4.27. The first kappa shape index (κ1) is 12.8. The summed E-state index contributed by atoms with van der Waals surface area (Å²) in [5, 5.41) is 3.13. The molecule has 4 heteroatoms. The van der Waals surface area contributed by atoms with Crippen LogP contribution in [0.2, 0.25) is 0 Å². The fourth-order valence-electron chi connectivity index (χ4n) is 2.38. The van der Waals surface area contributed by atoms with Gasteiger partial charge in [0.15, 0.2) is 0 Å². The fourth-order valence-corrected chi connectivity index (χ4v) is 2.82. The van der Waals surface area contributed by atoms with Crippen LogP contribution in [0.1, 0.15) is 32.3 Å². The number of hydrogen-bond donors (Lipinski definition) is 1. The van der Waals surface area contributed by atoms with Crippen molar-refractivity contribution in [3.8, 4) is 0 Å². The quantitative estimate of drug-likeness (QED) is 0.793. The Morgan fingerprint density at radius 1 is 1.47 bits per heavy atom. The summed E-state index contributed by atoms with van der Waals surface area (Å²) in [7, 11) is 0. The highest BCUT2D eigenvalue weighted by atomic mass is 79.9. The molecule has 17 heavy (non-hydrogen) atoms. The molecule has 1 nitrogen and oxygen atoms in total. The van der Waals surface area contributed by atoms with Crippen LogP contribution in [0.15, 0.2) is 10.5 Å². The van der Waals surface area contributed by atoms with Crippen molar-refractivity contribution in [2.45, 2.75) is 39.2 Å². The first-order valence-electron chi connectivity index (χ1n) is 5.92. The summed E-state index contributed by atoms with van der Waals surface area (Å²) in [5.41, 5.74) is 0.819. The Morgan fingerprint density at radius 3 is 2.82 bits per heavy atom. The third kappa shape index (κ3) is 2.62. The number of nitrogens with one attached hydrogen (secondary N) is 1.